The highest BCUT2D eigenvalue weighted by molar-refractivity contribution is 5.95. The molecule has 0 aromatic carbocycles. The molecule has 0 spiro atoms. The lowest BCUT2D eigenvalue weighted by molar-refractivity contribution is -0.144. The number of rotatable bonds is 5. The van der Waals surface area contributed by atoms with Gasteiger partial charge in [-0.1, -0.05) is 13.0 Å². The van der Waals surface area contributed by atoms with Gasteiger partial charge >= 0.3 is 5.97 Å². The van der Waals surface area contributed by atoms with Crippen molar-refractivity contribution < 1.29 is 19.8 Å². The fraction of sp³-hybridized carbons (Fsp3) is 0.600. The Kier molecular flexibility index (Phi) is 5.62. The molecular formula is C10H17NO4. The van der Waals surface area contributed by atoms with E-state index in [1.54, 1.807) is 13.0 Å². The topological polar surface area (TPSA) is 86.6 Å². The summed E-state index contributed by atoms with van der Waals surface area (Å²) in [6, 6.07) is -1.27. The van der Waals surface area contributed by atoms with Crippen LogP contribution in [0, 0.1) is 0 Å². The normalized spacial score (nSPS) is 15.6. The zero-order valence-electron chi connectivity index (χ0n) is 9.15. The summed E-state index contributed by atoms with van der Waals surface area (Å²) < 4.78 is 0. The summed E-state index contributed by atoms with van der Waals surface area (Å²) in [7, 11) is 0. The third-order valence-corrected chi connectivity index (χ3v) is 1.90. The Hall–Kier alpha value is -1.36. The second kappa shape index (κ2) is 6.19. The van der Waals surface area contributed by atoms with Crippen LogP contribution in [0.3, 0.4) is 0 Å². The Bertz CT molecular complexity index is 271. The van der Waals surface area contributed by atoms with Crippen LogP contribution in [0.2, 0.25) is 0 Å². The van der Waals surface area contributed by atoms with Crippen LogP contribution in [0.5, 0.6) is 0 Å². The van der Waals surface area contributed by atoms with Crippen molar-refractivity contribution in [2.75, 3.05) is 0 Å². The van der Waals surface area contributed by atoms with E-state index < -0.39 is 24.0 Å². The monoisotopic (exact) mass is 215 g/mol. The van der Waals surface area contributed by atoms with Crippen LogP contribution in [0.4, 0.5) is 0 Å². The van der Waals surface area contributed by atoms with Crippen LogP contribution >= 0.6 is 0 Å². The quantitative estimate of drug-likeness (QED) is 0.575. The van der Waals surface area contributed by atoms with E-state index in [2.05, 4.69) is 5.32 Å². The summed E-state index contributed by atoms with van der Waals surface area (Å²) in [6.45, 7) is 4.79. The van der Waals surface area contributed by atoms with E-state index >= 15 is 0 Å². The van der Waals surface area contributed by atoms with Gasteiger partial charge in [0, 0.05) is 5.57 Å². The van der Waals surface area contributed by atoms with E-state index in [-0.39, 0.29) is 0 Å². The molecule has 3 N–H and O–H groups in total. The van der Waals surface area contributed by atoms with Crippen molar-refractivity contribution in [3.05, 3.63) is 11.6 Å². The highest BCUT2D eigenvalue weighted by Crippen LogP contribution is 1.99. The van der Waals surface area contributed by atoms with Crippen molar-refractivity contribution in [3.8, 4) is 0 Å². The zero-order chi connectivity index (χ0) is 12.0. The number of aliphatic hydroxyl groups excluding tert-OH is 1. The maximum atomic E-state index is 11.4. The Labute approximate surface area is 88.8 Å². The van der Waals surface area contributed by atoms with E-state index in [9.17, 15) is 9.59 Å². The molecule has 0 bridgehead atoms. The number of carboxylic acid groups (broad SMARTS) is 1. The van der Waals surface area contributed by atoms with E-state index in [4.69, 9.17) is 10.2 Å². The van der Waals surface area contributed by atoms with Gasteiger partial charge in [0.05, 0.1) is 6.10 Å². The number of carboxylic acids is 1. The molecule has 2 atom stereocenters. The first kappa shape index (κ1) is 13.6. The molecule has 0 aliphatic heterocycles. The van der Waals surface area contributed by atoms with E-state index in [0.717, 1.165) is 0 Å². The van der Waals surface area contributed by atoms with Crippen LogP contribution in [-0.4, -0.2) is 34.2 Å². The molecule has 0 radical (unpaired) electrons. The molecule has 0 aliphatic carbocycles. The van der Waals surface area contributed by atoms with Crippen molar-refractivity contribution in [1.82, 2.24) is 5.32 Å². The summed E-state index contributed by atoms with van der Waals surface area (Å²) in [5.41, 5.74) is 0.449. The minimum absolute atomic E-state index is 0.449. The van der Waals surface area contributed by atoms with Crippen molar-refractivity contribution in [2.24, 2.45) is 0 Å². The van der Waals surface area contributed by atoms with Crippen molar-refractivity contribution in [3.63, 3.8) is 0 Å². The molecule has 1 amide bonds. The molecule has 0 fully saturated rings. The number of nitrogens with one attached hydrogen (secondary N) is 1. The van der Waals surface area contributed by atoms with Crippen molar-refractivity contribution in [1.29, 1.82) is 0 Å². The van der Waals surface area contributed by atoms with Gasteiger partial charge in [-0.25, -0.2) is 4.79 Å². The summed E-state index contributed by atoms with van der Waals surface area (Å²) >= 11 is 0. The first-order valence-electron chi connectivity index (χ1n) is 4.78. The van der Waals surface area contributed by atoms with Crippen molar-refractivity contribution >= 4 is 11.9 Å². The van der Waals surface area contributed by atoms with Crippen LogP contribution in [0.15, 0.2) is 11.6 Å². The SMILES string of the molecule is CC/C=C(\C)C(=O)NC(C(=O)O)C(C)O. The molecule has 15 heavy (non-hydrogen) atoms. The van der Waals surface area contributed by atoms with Gasteiger partial charge in [0.1, 0.15) is 0 Å². The highest BCUT2D eigenvalue weighted by atomic mass is 16.4. The lowest BCUT2D eigenvalue weighted by atomic mass is 10.1. The predicted molar refractivity (Wildman–Crippen MR) is 55.3 cm³/mol. The first-order chi connectivity index (χ1) is 6.90. The van der Waals surface area contributed by atoms with Crippen LogP contribution in [-0.2, 0) is 9.59 Å². The van der Waals surface area contributed by atoms with Gasteiger partial charge < -0.3 is 15.5 Å². The van der Waals surface area contributed by atoms with Gasteiger partial charge in [-0.15, -0.1) is 0 Å². The molecule has 0 rings (SSSR count). The Morgan fingerprint density at radius 3 is 2.33 bits per heavy atom. The Morgan fingerprint density at radius 2 is 2.00 bits per heavy atom. The molecule has 0 saturated carbocycles. The molecular weight excluding hydrogens is 198 g/mol. The molecule has 0 aromatic heterocycles. The van der Waals surface area contributed by atoms with E-state index in [1.165, 1.54) is 6.92 Å². The molecule has 0 aromatic rings. The third-order valence-electron chi connectivity index (χ3n) is 1.90. The number of amides is 1. The summed E-state index contributed by atoms with van der Waals surface area (Å²) in [5.74, 6) is -1.72. The van der Waals surface area contributed by atoms with E-state index in [1.807, 2.05) is 6.92 Å². The maximum absolute atomic E-state index is 11.4. The highest BCUT2D eigenvalue weighted by Gasteiger charge is 2.25. The zero-order valence-corrected chi connectivity index (χ0v) is 9.15. The maximum Gasteiger partial charge on any atom is 0.328 e. The molecule has 0 aliphatic rings. The van der Waals surface area contributed by atoms with E-state index in [0.29, 0.717) is 12.0 Å². The summed E-state index contributed by atoms with van der Waals surface area (Å²) in [4.78, 5) is 22.1. The fourth-order valence-electron chi connectivity index (χ4n) is 1.04. The predicted octanol–water partition coefficient (Wildman–Crippen LogP) is 0.293. The van der Waals surface area contributed by atoms with Gasteiger partial charge in [0.25, 0.3) is 0 Å². The lowest BCUT2D eigenvalue weighted by Gasteiger charge is -2.17. The minimum Gasteiger partial charge on any atom is -0.480 e. The standard InChI is InChI=1S/C10H17NO4/c1-4-5-6(2)9(13)11-8(7(3)12)10(14)15/h5,7-8,12H,4H2,1-3H3,(H,11,13)(H,14,15)/b6-5+. The van der Waals surface area contributed by atoms with Crippen LogP contribution < -0.4 is 5.32 Å². The molecule has 2 unspecified atom stereocenters. The van der Waals surface area contributed by atoms with Crippen molar-refractivity contribution in [2.45, 2.75) is 39.3 Å². The number of aliphatic carboxylic acids is 1. The second-order valence-corrected chi connectivity index (χ2v) is 3.33. The van der Waals surface area contributed by atoms with Crippen LogP contribution in [0.25, 0.3) is 0 Å². The minimum atomic E-state index is -1.27. The van der Waals surface area contributed by atoms with Gasteiger partial charge in [-0.05, 0) is 20.3 Å². The number of allylic oxidation sites excluding steroid dienone is 1. The summed E-state index contributed by atoms with van der Waals surface area (Å²) in [5, 5.41) is 20.1. The largest absolute Gasteiger partial charge is 0.480 e. The van der Waals surface area contributed by atoms with Gasteiger partial charge in [-0.2, -0.15) is 0 Å². The number of carbonyl (C=O) groups is 2. The van der Waals surface area contributed by atoms with Gasteiger partial charge in [0.2, 0.25) is 5.91 Å². The molecule has 0 saturated heterocycles. The second-order valence-electron chi connectivity index (χ2n) is 3.33. The third kappa shape index (κ3) is 4.60. The number of hydrogen-bond donors (Lipinski definition) is 3. The Balaban J connectivity index is 4.49. The van der Waals surface area contributed by atoms with Crippen LogP contribution in [0.1, 0.15) is 27.2 Å². The van der Waals surface area contributed by atoms with Gasteiger partial charge in [-0.3, -0.25) is 4.79 Å². The summed E-state index contributed by atoms with van der Waals surface area (Å²) in [6.07, 6.45) is 1.27. The lowest BCUT2D eigenvalue weighted by Crippen LogP contribution is -2.47. The molecule has 86 valence electrons. The average molecular weight is 215 g/mol. The number of hydrogen-bond acceptors (Lipinski definition) is 3. The average Bonchev–Trinajstić information content (AvgIpc) is 2.12. The molecule has 0 heterocycles. The molecule has 5 heteroatoms. The first-order valence-corrected chi connectivity index (χ1v) is 4.78. The van der Waals surface area contributed by atoms with Gasteiger partial charge in [0.15, 0.2) is 6.04 Å². The Morgan fingerprint density at radius 1 is 1.47 bits per heavy atom. The molecule has 5 nitrogen and oxygen atoms in total. The smallest absolute Gasteiger partial charge is 0.328 e. The fourth-order valence-corrected chi connectivity index (χ4v) is 1.04. The number of aliphatic hydroxyl groups is 1. The number of carbonyl (C=O) groups excluding carboxylic acids is 1.